The summed E-state index contributed by atoms with van der Waals surface area (Å²) in [7, 11) is 0. The van der Waals surface area contributed by atoms with Gasteiger partial charge < -0.3 is 10.6 Å². The van der Waals surface area contributed by atoms with Gasteiger partial charge in [-0.25, -0.2) is 0 Å². The van der Waals surface area contributed by atoms with Crippen molar-refractivity contribution in [3.63, 3.8) is 0 Å². The molecule has 0 bridgehead atoms. The molecule has 2 unspecified atom stereocenters. The molecular weight excluding hydrogens is 246 g/mol. The van der Waals surface area contributed by atoms with Crippen LogP contribution in [0.4, 0.5) is 5.00 Å². The van der Waals surface area contributed by atoms with E-state index >= 15 is 0 Å². The first kappa shape index (κ1) is 11.7. The maximum atomic E-state index is 11.9. The molecule has 1 aromatic heterocycles. The summed E-state index contributed by atoms with van der Waals surface area (Å²) in [6, 6.07) is 2.25. The summed E-state index contributed by atoms with van der Waals surface area (Å²) in [5, 5.41) is 16.2. The van der Waals surface area contributed by atoms with Crippen LogP contribution in [0.1, 0.15) is 29.3 Å². The van der Waals surface area contributed by atoms with Crippen LogP contribution >= 0.6 is 11.3 Å². The number of hydrogen-bond donors (Lipinski definition) is 2. The zero-order valence-corrected chi connectivity index (χ0v) is 11.1. The highest BCUT2D eigenvalue weighted by molar-refractivity contribution is 7.16. The van der Waals surface area contributed by atoms with Crippen LogP contribution in [0.25, 0.3) is 0 Å². The van der Waals surface area contributed by atoms with E-state index < -0.39 is 0 Å². The number of carbonyl (C=O) groups is 1. The SMILES string of the molecule is CC1CC1C(=O)Nc1sc2c(c1C#N)CCNC2. The predicted molar refractivity (Wildman–Crippen MR) is 70.3 cm³/mol. The maximum absolute atomic E-state index is 11.9. The fourth-order valence-electron chi connectivity index (χ4n) is 2.43. The Balaban J connectivity index is 1.85. The topological polar surface area (TPSA) is 64.9 Å². The third-order valence-electron chi connectivity index (χ3n) is 3.72. The summed E-state index contributed by atoms with van der Waals surface area (Å²) < 4.78 is 0. The van der Waals surface area contributed by atoms with Gasteiger partial charge in [-0.05, 0) is 30.9 Å². The zero-order chi connectivity index (χ0) is 12.7. The Morgan fingerprint density at radius 3 is 3.06 bits per heavy atom. The molecule has 1 saturated carbocycles. The van der Waals surface area contributed by atoms with E-state index in [1.807, 2.05) is 0 Å². The van der Waals surface area contributed by atoms with E-state index in [4.69, 9.17) is 0 Å². The summed E-state index contributed by atoms with van der Waals surface area (Å²) in [6.45, 7) is 3.80. The van der Waals surface area contributed by atoms with Crippen LogP contribution in [0, 0.1) is 23.2 Å². The third-order valence-corrected chi connectivity index (χ3v) is 4.87. The third kappa shape index (κ3) is 1.92. The Morgan fingerprint density at radius 2 is 2.39 bits per heavy atom. The van der Waals surface area contributed by atoms with Crippen LogP contribution in [0.2, 0.25) is 0 Å². The maximum Gasteiger partial charge on any atom is 0.228 e. The molecule has 0 saturated heterocycles. The van der Waals surface area contributed by atoms with Crippen molar-refractivity contribution in [2.75, 3.05) is 11.9 Å². The lowest BCUT2D eigenvalue weighted by molar-refractivity contribution is -0.117. The number of fused-ring (bicyclic) bond motifs is 1. The average Bonchev–Trinajstić information content (AvgIpc) is 3.00. The lowest BCUT2D eigenvalue weighted by Crippen LogP contribution is -2.22. The minimum absolute atomic E-state index is 0.0746. The smallest absolute Gasteiger partial charge is 0.228 e. The molecule has 0 spiro atoms. The molecule has 4 nitrogen and oxygen atoms in total. The van der Waals surface area contributed by atoms with Gasteiger partial charge in [0.25, 0.3) is 0 Å². The van der Waals surface area contributed by atoms with Gasteiger partial charge >= 0.3 is 0 Å². The molecule has 1 amide bonds. The van der Waals surface area contributed by atoms with E-state index in [-0.39, 0.29) is 11.8 Å². The molecule has 94 valence electrons. The Bertz CT molecular complexity index is 543. The van der Waals surface area contributed by atoms with Crippen LogP contribution in [-0.4, -0.2) is 12.5 Å². The van der Waals surface area contributed by atoms with Gasteiger partial charge in [0.1, 0.15) is 11.1 Å². The Morgan fingerprint density at radius 1 is 1.61 bits per heavy atom. The van der Waals surface area contributed by atoms with Gasteiger partial charge in [0.05, 0.1) is 5.56 Å². The normalized spacial score (nSPS) is 25.1. The fourth-order valence-corrected chi connectivity index (χ4v) is 3.60. The number of nitrogens with zero attached hydrogens (tertiary/aromatic N) is 1. The van der Waals surface area contributed by atoms with Crippen molar-refractivity contribution in [2.45, 2.75) is 26.3 Å². The van der Waals surface area contributed by atoms with Crippen LogP contribution in [0.3, 0.4) is 0 Å². The van der Waals surface area contributed by atoms with E-state index in [2.05, 4.69) is 23.6 Å². The van der Waals surface area contributed by atoms with E-state index in [9.17, 15) is 10.1 Å². The average molecular weight is 261 g/mol. The van der Waals surface area contributed by atoms with Crippen molar-refractivity contribution in [1.29, 1.82) is 5.26 Å². The summed E-state index contributed by atoms with van der Waals surface area (Å²) in [6.07, 6.45) is 1.85. The molecule has 3 rings (SSSR count). The molecule has 1 aromatic rings. The van der Waals surface area contributed by atoms with Gasteiger partial charge in [-0.2, -0.15) is 5.26 Å². The summed E-state index contributed by atoms with van der Waals surface area (Å²) in [5.41, 5.74) is 1.80. The van der Waals surface area contributed by atoms with E-state index in [0.29, 0.717) is 11.5 Å². The lowest BCUT2D eigenvalue weighted by atomic mass is 10.1. The van der Waals surface area contributed by atoms with Crippen molar-refractivity contribution < 1.29 is 4.79 Å². The molecule has 1 aliphatic carbocycles. The van der Waals surface area contributed by atoms with E-state index in [0.717, 1.165) is 36.5 Å². The van der Waals surface area contributed by atoms with Gasteiger partial charge in [0.15, 0.2) is 0 Å². The number of rotatable bonds is 2. The molecule has 2 atom stereocenters. The highest BCUT2D eigenvalue weighted by Crippen LogP contribution is 2.40. The molecule has 2 N–H and O–H groups in total. The van der Waals surface area contributed by atoms with Crippen molar-refractivity contribution >= 4 is 22.2 Å². The standard InChI is InChI=1S/C13H15N3OS/c1-7-4-9(7)12(17)16-13-10(5-14)8-2-3-15-6-11(8)18-13/h7,9,15H,2-4,6H2,1H3,(H,16,17). The van der Waals surface area contributed by atoms with Crippen molar-refractivity contribution in [3.8, 4) is 6.07 Å². The first-order valence-electron chi connectivity index (χ1n) is 6.27. The van der Waals surface area contributed by atoms with Gasteiger partial charge in [0.2, 0.25) is 5.91 Å². The number of nitriles is 1. The molecule has 5 heteroatoms. The number of anilines is 1. The number of nitrogens with one attached hydrogen (secondary N) is 2. The molecular formula is C13H15N3OS. The van der Waals surface area contributed by atoms with E-state index in [1.165, 1.54) is 4.88 Å². The second kappa shape index (κ2) is 4.38. The number of carbonyl (C=O) groups excluding carboxylic acids is 1. The molecule has 2 heterocycles. The van der Waals surface area contributed by atoms with Crippen LogP contribution < -0.4 is 10.6 Å². The highest BCUT2D eigenvalue weighted by Gasteiger charge is 2.39. The highest BCUT2D eigenvalue weighted by atomic mass is 32.1. The lowest BCUT2D eigenvalue weighted by Gasteiger charge is -2.11. The van der Waals surface area contributed by atoms with Crippen LogP contribution in [0.5, 0.6) is 0 Å². The summed E-state index contributed by atoms with van der Waals surface area (Å²) >= 11 is 1.54. The van der Waals surface area contributed by atoms with Gasteiger partial charge in [0, 0.05) is 17.3 Å². The number of thiophene rings is 1. The summed E-state index contributed by atoms with van der Waals surface area (Å²) in [4.78, 5) is 13.1. The minimum Gasteiger partial charge on any atom is -0.316 e. The molecule has 1 fully saturated rings. The molecule has 2 aliphatic rings. The fraction of sp³-hybridized carbons (Fsp3) is 0.538. The quantitative estimate of drug-likeness (QED) is 0.854. The number of hydrogen-bond acceptors (Lipinski definition) is 4. The Labute approximate surface area is 110 Å². The zero-order valence-electron chi connectivity index (χ0n) is 10.2. The molecule has 1 aliphatic heterocycles. The van der Waals surface area contributed by atoms with Gasteiger partial charge in [-0.3, -0.25) is 4.79 Å². The minimum atomic E-state index is 0.0746. The Hall–Kier alpha value is -1.38. The largest absolute Gasteiger partial charge is 0.316 e. The van der Waals surface area contributed by atoms with Crippen molar-refractivity contribution in [3.05, 3.63) is 16.0 Å². The van der Waals surface area contributed by atoms with Crippen LogP contribution in [0.15, 0.2) is 0 Å². The van der Waals surface area contributed by atoms with E-state index in [1.54, 1.807) is 11.3 Å². The summed E-state index contributed by atoms with van der Waals surface area (Å²) in [5.74, 6) is 0.714. The van der Waals surface area contributed by atoms with Crippen molar-refractivity contribution in [2.24, 2.45) is 11.8 Å². The predicted octanol–water partition coefficient (Wildman–Crippen LogP) is 1.86. The van der Waals surface area contributed by atoms with Gasteiger partial charge in [-0.15, -0.1) is 11.3 Å². The van der Waals surface area contributed by atoms with Gasteiger partial charge in [-0.1, -0.05) is 6.92 Å². The second-order valence-corrected chi connectivity index (χ2v) is 6.16. The number of amides is 1. The monoisotopic (exact) mass is 261 g/mol. The first-order chi connectivity index (χ1) is 8.70. The second-order valence-electron chi connectivity index (χ2n) is 5.06. The Kier molecular flexibility index (Phi) is 2.84. The molecule has 0 radical (unpaired) electrons. The van der Waals surface area contributed by atoms with Crippen molar-refractivity contribution in [1.82, 2.24) is 5.32 Å². The first-order valence-corrected chi connectivity index (χ1v) is 7.08. The molecule has 18 heavy (non-hydrogen) atoms. The molecule has 0 aromatic carbocycles. The van der Waals surface area contributed by atoms with Crippen LogP contribution in [-0.2, 0) is 17.8 Å².